The van der Waals surface area contributed by atoms with Crippen LogP contribution < -0.4 is 5.32 Å². The van der Waals surface area contributed by atoms with Gasteiger partial charge in [-0.05, 0) is 12.1 Å². The van der Waals surface area contributed by atoms with Gasteiger partial charge in [0.25, 0.3) is 5.91 Å². The van der Waals surface area contributed by atoms with Crippen molar-refractivity contribution in [1.82, 2.24) is 9.88 Å². The van der Waals surface area contributed by atoms with Crippen molar-refractivity contribution in [1.29, 1.82) is 0 Å². The highest BCUT2D eigenvalue weighted by atomic mass is 35.5. The van der Waals surface area contributed by atoms with E-state index in [1.165, 1.54) is 0 Å². The maximum atomic E-state index is 12.5. The number of rotatable bonds is 8. The Kier molecular flexibility index (Phi) is 7.28. The van der Waals surface area contributed by atoms with E-state index in [4.69, 9.17) is 21.1 Å². The lowest BCUT2D eigenvalue weighted by molar-refractivity contribution is 0.0622. The number of halogens is 1. The summed E-state index contributed by atoms with van der Waals surface area (Å²) in [5.74, 6) is 0.359. The van der Waals surface area contributed by atoms with Crippen molar-refractivity contribution in [2.24, 2.45) is 0 Å². The Morgan fingerprint density at radius 2 is 1.90 bits per heavy atom. The molecule has 1 rings (SSSR count). The predicted molar refractivity (Wildman–Crippen MR) is 78.4 cm³/mol. The molecule has 0 aliphatic carbocycles. The zero-order chi connectivity index (χ0) is 15.0. The maximum absolute atomic E-state index is 12.5. The fourth-order valence-corrected chi connectivity index (χ4v) is 1.79. The number of aromatic nitrogens is 1. The highest BCUT2D eigenvalue weighted by Crippen LogP contribution is 2.18. The first-order valence-corrected chi connectivity index (χ1v) is 6.63. The van der Waals surface area contributed by atoms with Gasteiger partial charge in [0, 0.05) is 34.4 Å². The van der Waals surface area contributed by atoms with E-state index in [2.05, 4.69) is 10.3 Å². The highest BCUT2D eigenvalue weighted by Gasteiger charge is 2.20. The van der Waals surface area contributed by atoms with Gasteiger partial charge in [0.15, 0.2) is 0 Å². The number of anilines is 1. The molecule has 0 saturated heterocycles. The van der Waals surface area contributed by atoms with Crippen LogP contribution >= 0.6 is 11.6 Å². The van der Waals surface area contributed by atoms with Crippen LogP contribution in [-0.2, 0) is 9.47 Å². The summed E-state index contributed by atoms with van der Waals surface area (Å²) < 4.78 is 10.0. The molecule has 6 nitrogen and oxygen atoms in total. The van der Waals surface area contributed by atoms with Gasteiger partial charge < -0.3 is 19.7 Å². The molecule has 0 unspecified atom stereocenters. The molecule has 0 atom stereocenters. The second-order valence-electron chi connectivity index (χ2n) is 4.05. The highest BCUT2D eigenvalue weighted by molar-refractivity contribution is 6.33. The molecular weight excluding hydrogens is 282 g/mol. The Hall–Kier alpha value is -1.37. The van der Waals surface area contributed by atoms with Gasteiger partial charge >= 0.3 is 0 Å². The third-order valence-electron chi connectivity index (χ3n) is 2.72. The molecule has 1 heterocycles. The molecule has 1 N–H and O–H groups in total. The fourth-order valence-electron chi connectivity index (χ4n) is 1.60. The molecule has 7 heteroatoms. The molecule has 0 aromatic carbocycles. The van der Waals surface area contributed by atoms with Crippen LogP contribution in [0.3, 0.4) is 0 Å². The summed E-state index contributed by atoms with van der Waals surface area (Å²) in [6.45, 7) is 1.80. The Morgan fingerprint density at radius 3 is 2.40 bits per heavy atom. The quantitative estimate of drug-likeness (QED) is 0.788. The minimum absolute atomic E-state index is 0.228. The number of hydrogen-bond acceptors (Lipinski definition) is 5. The second-order valence-corrected chi connectivity index (χ2v) is 4.46. The van der Waals surface area contributed by atoms with E-state index in [0.717, 1.165) is 0 Å². The van der Waals surface area contributed by atoms with Crippen molar-refractivity contribution in [3.8, 4) is 0 Å². The number of amides is 1. The first-order chi connectivity index (χ1) is 9.63. The normalized spacial score (nSPS) is 10.4. The van der Waals surface area contributed by atoms with Crippen LogP contribution in [0, 0.1) is 0 Å². The van der Waals surface area contributed by atoms with Crippen molar-refractivity contribution in [2.45, 2.75) is 0 Å². The lowest BCUT2D eigenvalue weighted by Gasteiger charge is -2.22. The summed E-state index contributed by atoms with van der Waals surface area (Å²) in [6, 6.07) is 3.37. The van der Waals surface area contributed by atoms with E-state index in [1.54, 1.807) is 38.3 Å². The van der Waals surface area contributed by atoms with Crippen molar-refractivity contribution in [3.63, 3.8) is 0 Å². The lowest BCUT2D eigenvalue weighted by Crippen LogP contribution is -2.37. The molecule has 1 aromatic rings. The molecule has 0 aliphatic heterocycles. The number of nitrogens with zero attached hydrogens (tertiary/aromatic N) is 2. The van der Waals surface area contributed by atoms with Gasteiger partial charge in [-0.25, -0.2) is 4.98 Å². The van der Waals surface area contributed by atoms with Gasteiger partial charge in [-0.1, -0.05) is 11.6 Å². The molecular formula is C13H20ClN3O3. The number of carbonyl (C=O) groups is 1. The number of carbonyl (C=O) groups excluding carboxylic acids is 1. The summed E-state index contributed by atoms with van der Waals surface area (Å²) in [6.07, 6.45) is 0. The van der Waals surface area contributed by atoms with Crippen LogP contribution in [0.2, 0.25) is 5.02 Å². The fraction of sp³-hybridized carbons (Fsp3) is 0.538. The van der Waals surface area contributed by atoms with E-state index in [-0.39, 0.29) is 11.6 Å². The Morgan fingerprint density at radius 1 is 1.30 bits per heavy atom. The summed E-state index contributed by atoms with van der Waals surface area (Å²) in [5.41, 5.74) is 0.228. The zero-order valence-corrected chi connectivity index (χ0v) is 12.7. The van der Waals surface area contributed by atoms with Gasteiger partial charge in [-0.2, -0.15) is 0 Å². The van der Waals surface area contributed by atoms with Gasteiger partial charge in [-0.15, -0.1) is 0 Å². The van der Waals surface area contributed by atoms with Crippen molar-refractivity contribution < 1.29 is 14.3 Å². The Bertz CT molecular complexity index is 435. The van der Waals surface area contributed by atoms with Crippen molar-refractivity contribution >= 4 is 23.3 Å². The monoisotopic (exact) mass is 301 g/mol. The average molecular weight is 302 g/mol. The summed E-state index contributed by atoms with van der Waals surface area (Å²) >= 11 is 6.06. The Balaban J connectivity index is 2.91. The second kappa shape index (κ2) is 8.73. The van der Waals surface area contributed by atoms with E-state index < -0.39 is 0 Å². The minimum Gasteiger partial charge on any atom is -0.383 e. The van der Waals surface area contributed by atoms with Crippen LogP contribution in [0.25, 0.3) is 0 Å². The predicted octanol–water partition coefficient (Wildman–Crippen LogP) is 1.51. The largest absolute Gasteiger partial charge is 0.383 e. The molecule has 0 spiro atoms. The van der Waals surface area contributed by atoms with E-state index in [1.807, 2.05) is 0 Å². The number of ether oxygens (including phenoxy) is 2. The summed E-state index contributed by atoms with van der Waals surface area (Å²) in [5, 5.41) is 3.21. The summed E-state index contributed by atoms with van der Waals surface area (Å²) in [7, 11) is 4.91. The molecule has 1 aromatic heterocycles. The number of hydrogen-bond donors (Lipinski definition) is 1. The summed E-state index contributed by atoms with van der Waals surface area (Å²) in [4.78, 5) is 18.3. The van der Waals surface area contributed by atoms with Crippen LogP contribution in [0.1, 0.15) is 10.5 Å². The first kappa shape index (κ1) is 16.7. The Labute approximate surface area is 124 Å². The maximum Gasteiger partial charge on any atom is 0.274 e. The van der Waals surface area contributed by atoms with Crippen molar-refractivity contribution in [2.75, 3.05) is 52.9 Å². The SMILES string of the molecule is CNc1ccc(Cl)c(C(=O)N(CCOC)CCOC)n1. The standard InChI is InChI=1S/C13H20ClN3O3/c1-15-11-5-4-10(14)12(16-11)13(18)17(6-8-19-2)7-9-20-3/h4-5H,6-9H2,1-3H3,(H,15,16). The molecule has 0 saturated carbocycles. The van der Waals surface area contributed by atoms with Crippen LogP contribution in [0.15, 0.2) is 12.1 Å². The van der Waals surface area contributed by atoms with Gasteiger partial charge in [0.05, 0.1) is 18.2 Å². The lowest BCUT2D eigenvalue weighted by atomic mass is 10.3. The molecule has 0 radical (unpaired) electrons. The topological polar surface area (TPSA) is 63.7 Å². The third-order valence-corrected chi connectivity index (χ3v) is 3.03. The molecule has 0 aliphatic rings. The van der Waals surface area contributed by atoms with Crippen LogP contribution in [0.5, 0.6) is 0 Å². The third kappa shape index (κ3) is 4.63. The average Bonchev–Trinajstić information content (AvgIpc) is 2.47. The zero-order valence-electron chi connectivity index (χ0n) is 12.0. The van der Waals surface area contributed by atoms with E-state index in [9.17, 15) is 4.79 Å². The minimum atomic E-state index is -0.235. The van der Waals surface area contributed by atoms with Crippen molar-refractivity contribution in [3.05, 3.63) is 22.8 Å². The molecule has 0 fully saturated rings. The number of nitrogens with one attached hydrogen (secondary N) is 1. The number of methoxy groups -OCH3 is 2. The molecule has 0 bridgehead atoms. The molecule has 20 heavy (non-hydrogen) atoms. The van der Waals surface area contributed by atoms with E-state index in [0.29, 0.717) is 37.1 Å². The first-order valence-electron chi connectivity index (χ1n) is 6.25. The molecule has 112 valence electrons. The smallest absolute Gasteiger partial charge is 0.274 e. The van der Waals surface area contributed by atoms with Gasteiger partial charge in [0.2, 0.25) is 0 Å². The van der Waals surface area contributed by atoms with E-state index >= 15 is 0 Å². The van der Waals surface area contributed by atoms with Crippen LogP contribution in [-0.4, -0.2) is 63.4 Å². The van der Waals surface area contributed by atoms with Crippen LogP contribution in [0.4, 0.5) is 5.82 Å². The molecule has 1 amide bonds. The van der Waals surface area contributed by atoms with Gasteiger partial charge in [0.1, 0.15) is 11.5 Å². The number of pyridine rings is 1. The van der Waals surface area contributed by atoms with Gasteiger partial charge in [-0.3, -0.25) is 4.79 Å².